The maximum atomic E-state index is 13.8. The number of rotatable bonds is 24. The van der Waals surface area contributed by atoms with Crippen molar-refractivity contribution in [1.29, 1.82) is 0 Å². The summed E-state index contributed by atoms with van der Waals surface area (Å²) in [5, 5.41) is 21.9. The maximum absolute atomic E-state index is 13.8. The Morgan fingerprint density at radius 3 is 1.90 bits per heavy atom. The number of aryl methyl sites for hydroxylation is 1. The highest BCUT2D eigenvalue weighted by molar-refractivity contribution is 7.13. The minimum atomic E-state index is -0.904. The van der Waals surface area contributed by atoms with Crippen LogP contribution in [0.1, 0.15) is 51.3 Å². The average Bonchev–Trinajstić information content (AvgIpc) is 3.69. The number of thiazole rings is 1. The van der Waals surface area contributed by atoms with E-state index < -0.39 is 35.5 Å². The molecule has 3 N–H and O–H groups in total. The number of β-amino-alcohol motifs (C(OH)–C–C–N with tert-alkyl or cyclic N) is 1. The molecule has 51 heavy (non-hydrogen) atoms. The van der Waals surface area contributed by atoms with E-state index in [1.165, 1.54) is 4.90 Å². The Morgan fingerprint density at radius 2 is 1.41 bits per heavy atom. The van der Waals surface area contributed by atoms with Gasteiger partial charge in [0.15, 0.2) is 5.78 Å². The number of aliphatic carboxylic acids is 1. The molecule has 1 aliphatic heterocycles. The molecule has 0 radical (unpaired) electrons. The second-order valence-electron chi connectivity index (χ2n) is 13.3. The lowest BCUT2D eigenvalue weighted by molar-refractivity contribution is -0.143. The summed E-state index contributed by atoms with van der Waals surface area (Å²) in [4.78, 5) is 57.4. The van der Waals surface area contributed by atoms with E-state index in [1.807, 2.05) is 52.0 Å². The third-order valence-corrected chi connectivity index (χ3v) is 9.09. The minimum Gasteiger partial charge on any atom is -0.481 e. The Morgan fingerprint density at radius 1 is 0.882 bits per heavy atom. The molecular formula is C36H53N3O11S. The lowest BCUT2D eigenvalue weighted by Crippen LogP contribution is -2.57. The first kappa shape index (κ1) is 42.1. The van der Waals surface area contributed by atoms with Gasteiger partial charge < -0.3 is 44.1 Å². The number of aliphatic hydroxyl groups is 1. The zero-order chi connectivity index (χ0) is 37.2. The molecule has 2 amide bonds. The third kappa shape index (κ3) is 15.1. The van der Waals surface area contributed by atoms with Gasteiger partial charge in [-0.2, -0.15) is 0 Å². The summed E-state index contributed by atoms with van der Waals surface area (Å²) in [6.07, 6.45) is -0.556. The second-order valence-corrected chi connectivity index (χ2v) is 14.2. The van der Waals surface area contributed by atoms with Crippen LogP contribution in [0.25, 0.3) is 10.4 Å². The number of aromatic nitrogens is 1. The number of ketones is 1. The maximum Gasteiger partial charge on any atom is 0.305 e. The number of benzene rings is 1. The molecule has 0 aliphatic carbocycles. The predicted octanol–water partition coefficient (Wildman–Crippen LogP) is 2.67. The number of hydrogen-bond acceptors (Lipinski definition) is 12. The van der Waals surface area contributed by atoms with Crippen LogP contribution in [-0.4, -0.2) is 134 Å². The minimum absolute atomic E-state index is 0.0240. The van der Waals surface area contributed by atoms with E-state index in [2.05, 4.69) is 10.3 Å². The van der Waals surface area contributed by atoms with E-state index in [-0.39, 0.29) is 63.7 Å². The van der Waals surface area contributed by atoms with Crippen molar-refractivity contribution in [2.75, 3.05) is 72.6 Å². The molecule has 1 unspecified atom stereocenters. The summed E-state index contributed by atoms with van der Waals surface area (Å²) >= 11 is 1.56. The van der Waals surface area contributed by atoms with Gasteiger partial charge in [-0.3, -0.25) is 19.2 Å². The van der Waals surface area contributed by atoms with Crippen LogP contribution in [0.3, 0.4) is 0 Å². The summed E-state index contributed by atoms with van der Waals surface area (Å²) in [5.74, 6) is -1.81. The molecular weight excluding hydrogens is 682 g/mol. The van der Waals surface area contributed by atoms with E-state index in [9.17, 15) is 24.3 Å². The van der Waals surface area contributed by atoms with Crippen molar-refractivity contribution in [2.24, 2.45) is 5.41 Å². The lowest BCUT2D eigenvalue weighted by atomic mass is 9.85. The standard InChI is InChI=1S/C36H53N3O11S/c1-25-33(51-24-37-25)27-7-5-26(6-8-27)21-30(41)29-22-28(40)23-39(29)35(45)34(36(2,3)4)38-31(42)9-11-46-13-15-48-17-19-50-20-18-49-16-14-47-12-10-32(43)44/h5-8,24,28-29,34,40H,9-23H2,1-4H3,(H,38,42)(H,43,44)/t28-,29+,34?/m1/s1. The average molecular weight is 736 g/mol. The summed E-state index contributed by atoms with van der Waals surface area (Å²) in [5.41, 5.74) is 3.94. The van der Waals surface area contributed by atoms with E-state index in [0.29, 0.717) is 46.2 Å². The van der Waals surface area contributed by atoms with Gasteiger partial charge in [-0.05, 0) is 23.5 Å². The fourth-order valence-corrected chi connectivity index (χ4v) is 6.20. The molecule has 1 aromatic heterocycles. The summed E-state index contributed by atoms with van der Waals surface area (Å²) < 4.78 is 26.9. The number of carbonyl (C=O) groups is 4. The van der Waals surface area contributed by atoms with Gasteiger partial charge in [-0.1, -0.05) is 45.0 Å². The van der Waals surface area contributed by atoms with Crippen molar-refractivity contribution in [3.05, 3.63) is 41.0 Å². The number of carboxylic acids is 1. The molecule has 2 aromatic rings. The highest BCUT2D eigenvalue weighted by Gasteiger charge is 2.44. The Hall–Kier alpha value is -3.31. The Kier molecular flexibility index (Phi) is 18.1. The molecule has 3 atom stereocenters. The molecule has 15 heteroatoms. The lowest BCUT2D eigenvalue weighted by Gasteiger charge is -2.35. The zero-order valence-corrected chi connectivity index (χ0v) is 30.9. The van der Waals surface area contributed by atoms with Crippen LogP contribution >= 0.6 is 11.3 Å². The molecule has 14 nitrogen and oxygen atoms in total. The fourth-order valence-electron chi connectivity index (χ4n) is 5.39. The fraction of sp³-hybridized carbons (Fsp3) is 0.639. The van der Waals surface area contributed by atoms with Gasteiger partial charge in [-0.25, -0.2) is 4.98 Å². The highest BCUT2D eigenvalue weighted by Crippen LogP contribution is 2.29. The van der Waals surface area contributed by atoms with Crippen molar-refractivity contribution in [1.82, 2.24) is 15.2 Å². The molecule has 1 aromatic carbocycles. The number of amides is 2. The quantitative estimate of drug-likeness (QED) is 0.134. The van der Waals surface area contributed by atoms with Crippen LogP contribution in [0, 0.1) is 12.3 Å². The van der Waals surface area contributed by atoms with Gasteiger partial charge in [-0.15, -0.1) is 11.3 Å². The molecule has 1 aliphatic rings. The second kappa shape index (κ2) is 21.9. The number of aliphatic hydroxyl groups excluding tert-OH is 1. The van der Waals surface area contributed by atoms with Gasteiger partial charge >= 0.3 is 5.97 Å². The first-order valence-corrected chi connectivity index (χ1v) is 18.1. The zero-order valence-electron chi connectivity index (χ0n) is 30.1. The number of carboxylic acid groups (broad SMARTS) is 1. The molecule has 0 saturated carbocycles. The van der Waals surface area contributed by atoms with Crippen molar-refractivity contribution in [3.8, 4) is 10.4 Å². The monoisotopic (exact) mass is 735 g/mol. The Labute approximate surface area is 303 Å². The summed E-state index contributed by atoms with van der Waals surface area (Å²) in [6.45, 7) is 10.6. The first-order chi connectivity index (χ1) is 24.4. The van der Waals surface area contributed by atoms with Crippen LogP contribution in [0.15, 0.2) is 29.8 Å². The molecule has 0 spiro atoms. The smallest absolute Gasteiger partial charge is 0.305 e. The molecule has 1 saturated heterocycles. The van der Waals surface area contributed by atoms with Crippen molar-refractivity contribution < 1.29 is 53.1 Å². The number of nitrogens with one attached hydrogen (secondary N) is 1. The summed E-state index contributed by atoms with van der Waals surface area (Å²) in [7, 11) is 0. The normalized spacial score (nSPS) is 16.7. The third-order valence-electron chi connectivity index (χ3n) is 8.11. The van der Waals surface area contributed by atoms with Crippen LogP contribution in [0.5, 0.6) is 0 Å². The van der Waals surface area contributed by atoms with E-state index in [1.54, 1.807) is 16.8 Å². The number of ether oxygens (including phenoxy) is 5. The Bertz CT molecular complexity index is 1380. The van der Waals surface area contributed by atoms with Crippen molar-refractivity contribution >= 4 is 34.9 Å². The molecule has 2 heterocycles. The Balaban J connectivity index is 1.34. The van der Waals surface area contributed by atoms with Gasteiger partial charge in [0, 0.05) is 25.8 Å². The number of carbonyl (C=O) groups excluding carboxylic acids is 3. The SMILES string of the molecule is Cc1ncsc1-c1ccc(CC(=O)[C@@H]2C[C@@H](O)CN2C(=O)C(NC(=O)CCOCCOCCOCCOCCOCCC(=O)O)C(C)(C)C)cc1. The molecule has 3 rings (SSSR count). The van der Waals surface area contributed by atoms with E-state index in [4.69, 9.17) is 28.8 Å². The van der Waals surface area contributed by atoms with Crippen LogP contribution in [0.4, 0.5) is 0 Å². The molecule has 1 fully saturated rings. The van der Waals surface area contributed by atoms with Gasteiger partial charge in [0.25, 0.3) is 0 Å². The first-order valence-electron chi connectivity index (χ1n) is 17.3. The number of Topliss-reactive ketones (excluding diaryl/α,β-unsaturated/α-hetero) is 1. The number of likely N-dealkylation sites (tertiary alicyclic amines) is 1. The number of hydrogen-bond donors (Lipinski definition) is 3. The van der Waals surface area contributed by atoms with Gasteiger partial charge in [0.1, 0.15) is 6.04 Å². The molecule has 0 bridgehead atoms. The number of nitrogens with zero attached hydrogens (tertiary/aromatic N) is 2. The van der Waals surface area contributed by atoms with Crippen LogP contribution in [0.2, 0.25) is 0 Å². The largest absolute Gasteiger partial charge is 0.481 e. The van der Waals surface area contributed by atoms with Crippen molar-refractivity contribution in [2.45, 2.75) is 71.6 Å². The highest BCUT2D eigenvalue weighted by atomic mass is 32.1. The van der Waals surface area contributed by atoms with Gasteiger partial charge in [0.05, 0.1) is 101 Å². The predicted molar refractivity (Wildman–Crippen MR) is 189 cm³/mol. The van der Waals surface area contributed by atoms with Gasteiger partial charge in [0.2, 0.25) is 11.8 Å². The van der Waals surface area contributed by atoms with Crippen LogP contribution in [-0.2, 0) is 49.3 Å². The van der Waals surface area contributed by atoms with E-state index in [0.717, 1.165) is 21.7 Å². The van der Waals surface area contributed by atoms with Crippen LogP contribution < -0.4 is 5.32 Å². The van der Waals surface area contributed by atoms with Crippen molar-refractivity contribution in [3.63, 3.8) is 0 Å². The topological polar surface area (TPSA) is 183 Å². The summed E-state index contributed by atoms with van der Waals surface area (Å²) in [6, 6.07) is 6.03. The van der Waals surface area contributed by atoms with E-state index >= 15 is 0 Å². The molecule has 284 valence electrons.